The van der Waals surface area contributed by atoms with E-state index in [1.54, 1.807) is 0 Å². The summed E-state index contributed by atoms with van der Waals surface area (Å²) in [6, 6.07) is 11.5. The highest BCUT2D eigenvalue weighted by Crippen LogP contribution is 2.07. The molecule has 0 bridgehead atoms. The van der Waals surface area contributed by atoms with Crippen LogP contribution < -0.4 is 0 Å². The lowest BCUT2D eigenvalue weighted by atomic mass is 10.2. The fraction of sp³-hybridized carbons (Fsp3) is 0.500. The van der Waals surface area contributed by atoms with Gasteiger partial charge in [0.15, 0.2) is 0 Å². The summed E-state index contributed by atoms with van der Waals surface area (Å²) in [5, 5.41) is 0. The van der Waals surface area contributed by atoms with Gasteiger partial charge in [-0.3, -0.25) is 0 Å². The van der Waals surface area contributed by atoms with Crippen molar-refractivity contribution < 1.29 is 8.85 Å². The Labute approximate surface area is 119 Å². The summed E-state index contributed by atoms with van der Waals surface area (Å²) in [6.45, 7) is 5.95. The summed E-state index contributed by atoms with van der Waals surface area (Å²) in [6.07, 6.45) is 7.57. The van der Waals surface area contributed by atoms with Crippen LogP contribution in [0.5, 0.6) is 0 Å². The standard InChI is InChI=1S/C16H26O2Si/c1-3-13-17-19(18-14-4-2)15-9-8-12-16-10-6-5-7-11-16/h5-8,10-12,19H,3-4,9,13-15H2,1-2H3. The summed E-state index contributed by atoms with van der Waals surface area (Å²) in [7, 11) is -1.45. The molecule has 2 nitrogen and oxygen atoms in total. The van der Waals surface area contributed by atoms with Crippen LogP contribution in [-0.2, 0) is 8.85 Å². The van der Waals surface area contributed by atoms with Crippen molar-refractivity contribution in [3.05, 3.63) is 42.0 Å². The van der Waals surface area contributed by atoms with Crippen LogP contribution in [0, 0.1) is 0 Å². The number of hydrogen-bond acceptors (Lipinski definition) is 2. The molecule has 0 radical (unpaired) electrons. The average molecular weight is 278 g/mol. The highest BCUT2D eigenvalue weighted by molar-refractivity contribution is 6.44. The van der Waals surface area contributed by atoms with Crippen molar-refractivity contribution in [1.82, 2.24) is 0 Å². The minimum atomic E-state index is -1.45. The van der Waals surface area contributed by atoms with Crippen LogP contribution in [0.4, 0.5) is 0 Å². The van der Waals surface area contributed by atoms with Gasteiger partial charge >= 0.3 is 9.28 Å². The van der Waals surface area contributed by atoms with Crippen molar-refractivity contribution in [2.75, 3.05) is 13.2 Å². The fourth-order valence-corrected chi connectivity index (χ4v) is 3.62. The Balaban J connectivity index is 2.28. The Kier molecular flexibility index (Phi) is 9.32. The van der Waals surface area contributed by atoms with E-state index in [9.17, 15) is 0 Å². The lowest BCUT2D eigenvalue weighted by Gasteiger charge is -2.15. The predicted molar refractivity (Wildman–Crippen MR) is 84.5 cm³/mol. The third-order valence-corrected chi connectivity index (χ3v) is 4.71. The molecular weight excluding hydrogens is 252 g/mol. The molecule has 0 heterocycles. The zero-order valence-electron chi connectivity index (χ0n) is 12.2. The van der Waals surface area contributed by atoms with Crippen molar-refractivity contribution in [3.63, 3.8) is 0 Å². The molecule has 0 aromatic heterocycles. The lowest BCUT2D eigenvalue weighted by molar-refractivity contribution is 0.196. The predicted octanol–water partition coefficient (Wildman–Crippen LogP) is 4.16. The largest absolute Gasteiger partial charge is 0.397 e. The molecule has 0 amide bonds. The van der Waals surface area contributed by atoms with Crippen molar-refractivity contribution >= 4 is 15.4 Å². The quantitative estimate of drug-likeness (QED) is 0.598. The molecule has 1 aromatic rings. The van der Waals surface area contributed by atoms with E-state index in [4.69, 9.17) is 8.85 Å². The van der Waals surface area contributed by atoms with Crippen molar-refractivity contribution in [1.29, 1.82) is 0 Å². The van der Waals surface area contributed by atoms with Gasteiger partial charge in [0, 0.05) is 13.2 Å². The molecule has 0 fully saturated rings. The molecule has 1 aromatic carbocycles. The summed E-state index contributed by atoms with van der Waals surface area (Å²) in [5.74, 6) is 0. The summed E-state index contributed by atoms with van der Waals surface area (Å²) >= 11 is 0. The highest BCUT2D eigenvalue weighted by Gasteiger charge is 2.11. The molecule has 0 spiro atoms. The summed E-state index contributed by atoms with van der Waals surface area (Å²) < 4.78 is 11.7. The number of benzene rings is 1. The monoisotopic (exact) mass is 278 g/mol. The number of rotatable bonds is 10. The van der Waals surface area contributed by atoms with Gasteiger partial charge in [-0.2, -0.15) is 0 Å². The van der Waals surface area contributed by atoms with Gasteiger partial charge in [-0.15, -0.1) is 0 Å². The van der Waals surface area contributed by atoms with E-state index in [1.807, 2.05) is 6.07 Å². The number of hydrogen-bond donors (Lipinski definition) is 0. The Morgan fingerprint density at radius 2 is 1.63 bits per heavy atom. The summed E-state index contributed by atoms with van der Waals surface area (Å²) in [5.41, 5.74) is 1.25. The van der Waals surface area contributed by atoms with Crippen LogP contribution in [-0.4, -0.2) is 22.5 Å². The van der Waals surface area contributed by atoms with Gasteiger partial charge in [0.25, 0.3) is 0 Å². The first-order valence-electron chi connectivity index (χ1n) is 7.31. The van der Waals surface area contributed by atoms with E-state index in [1.165, 1.54) is 5.56 Å². The normalized spacial score (nSPS) is 11.5. The Hall–Kier alpha value is -0.903. The fourth-order valence-electron chi connectivity index (χ4n) is 1.73. The zero-order valence-corrected chi connectivity index (χ0v) is 13.3. The van der Waals surface area contributed by atoms with Crippen molar-refractivity contribution in [2.45, 2.75) is 39.2 Å². The second-order valence-electron chi connectivity index (χ2n) is 4.56. The Morgan fingerprint density at radius 1 is 1.00 bits per heavy atom. The maximum Gasteiger partial charge on any atom is 0.321 e. The molecule has 0 saturated heterocycles. The number of allylic oxidation sites excluding steroid dienone is 1. The maximum atomic E-state index is 5.83. The third kappa shape index (κ3) is 7.98. The first-order valence-corrected chi connectivity index (χ1v) is 9.07. The molecule has 1 rings (SSSR count). The van der Waals surface area contributed by atoms with Gasteiger partial charge in [0.1, 0.15) is 0 Å². The molecule has 0 aliphatic carbocycles. The van der Waals surface area contributed by atoms with Crippen LogP contribution in [0.1, 0.15) is 38.7 Å². The molecule has 19 heavy (non-hydrogen) atoms. The van der Waals surface area contributed by atoms with Gasteiger partial charge in [0.05, 0.1) is 0 Å². The Morgan fingerprint density at radius 3 is 2.21 bits per heavy atom. The molecular formula is C16H26O2Si. The van der Waals surface area contributed by atoms with Crippen LogP contribution in [0.15, 0.2) is 36.4 Å². The van der Waals surface area contributed by atoms with Crippen molar-refractivity contribution in [2.24, 2.45) is 0 Å². The SMILES string of the molecule is CCCO[SiH](CCC=Cc1ccccc1)OCCC. The third-order valence-electron chi connectivity index (χ3n) is 2.69. The van der Waals surface area contributed by atoms with Crippen molar-refractivity contribution in [3.8, 4) is 0 Å². The van der Waals surface area contributed by atoms with Crippen LogP contribution >= 0.6 is 0 Å². The smallest absolute Gasteiger partial charge is 0.321 e. The average Bonchev–Trinajstić information content (AvgIpc) is 2.46. The van der Waals surface area contributed by atoms with E-state index in [0.717, 1.165) is 38.5 Å². The minimum Gasteiger partial charge on any atom is -0.397 e. The first-order chi connectivity index (χ1) is 9.36. The highest BCUT2D eigenvalue weighted by atomic mass is 28.3. The van der Waals surface area contributed by atoms with Crippen LogP contribution in [0.3, 0.4) is 0 Å². The maximum absolute atomic E-state index is 5.83. The molecule has 0 aliphatic heterocycles. The molecule has 0 unspecified atom stereocenters. The van der Waals surface area contributed by atoms with Gasteiger partial charge in [0.2, 0.25) is 0 Å². The van der Waals surface area contributed by atoms with Crippen LogP contribution in [0.25, 0.3) is 6.08 Å². The first kappa shape index (κ1) is 16.2. The molecule has 3 heteroatoms. The topological polar surface area (TPSA) is 18.5 Å². The molecule has 0 atom stereocenters. The van der Waals surface area contributed by atoms with E-state index >= 15 is 0 Å². The van der Waals surface area contributed by atoms with Gasteiger partial charge in [-0.25, -0.2) is 0 Å². The summed E-state index contributed by atoms with van der Waals surface area (Å²) in [4.78, 5) is 0. The second kappa shape index (κ2) is 11.0. The molecule has 0 aliphatic rings. The van der Waals surface area contributed by atoms with E-state index in [-0.39, 0.29) is 0 Å². The molecule has 106 valence electrons. The minimum absolute atomic E-state index is 0.836. The van der Waals surface area contributed by atoms with Crippen LogP contribution in [0.2, 0.25) is 6.04 Å². The van der Waals surface area contributed by atoms with E-state index in [2.05, 4.69) is 50.3 Å². The van der Waals surface area contributed by atoms with Gasteiger partial charge in [-0.1, -0.05) is 56.3 Å². The van der Waals surface area contributed by atoms with Gasteiger partial charge < -0.3 is 8.85 Å². The second-order valence-corrected chi connectivity index (χ2v) is 6.66. The lowest BCUT2D eigenvalue weighted by Crippen LogP contribution is -2.23. The zero-order chi connectivity index (χ0) is 13.8. The molecule has 0 saturated carbocycles. The molecule has 0 N–H and O–H groups in total. The van der Waals surface area contributed by atoms with E-state index in [0.29, 0.717) is 0 Å². The van der Waals surface area contributed by atoms with E-state index < -0.39 is 9.28 Å². The Bertz CT molecular complexity index is 330. The van der Waals surface area contributed by atoms with Gasteiger partial charge in [-0.05, 0) is 30.9 Å².